The number of amides is 2. The van der Waals surface area contributed by atoms with Gasteiger partial charge in [-0.3, -0.25) is 9.69 Å². The number of carbonyl (C=O) groups excluding carboxylic acids is 3. The molecule has 10 heteroatoms. The maximum atomic E-state index is 13.1. The molecule has 0 bridgehead atoms. The predicted octanol–water partition coefficient (Wildman–Crippen LogP) is 3.68. The smallest absolute Gasteiger partial charge is 0.407 e. The third-order valence-electron chi connectivity index (χ3n) is 7.73. The van der Waals surface area contributed by atoms with Crippen LogP contribution < -0.4 is 16.4 Å². The molecule has 2 fully saturated rings. The van der Waals surface area contributed by atoms with Crippen LogP contribution in [0.1, 0.15) is 70.4 Å². The Balaban J connectivity index is 0.000000395. The van der Waals surface area contributed by atoms with Crippen molar-refractivity contribution in [2.24, 2.45) is 5.73 Å². The standard InChI is InChI=1S/C22H35ClN4O.C8H15NO3/c1-17-14-19(23)7-6-18(17)15-20(25-2)21(28)26-10-12-27(13-11-26)22(16-24)8-4-3-5-9-22;1-8(2,3)12-7(11)9-5-4-6-10/h6-7,14,20,25H,3-5,8-13,15-16,24H2,1-2H3;6H,4-5H2,1-3H3,(H,9,11). The van der Waals surface area contributed by atoms with Gasteiger partial charge in [0.2, 0.25) is 5.91 Å². The molecule has 1 atom stereocenters. The molecule has 226 valence electrons. The summed E-state index contributed by atoms with van der Waals surface area (Å²) >= 11 is 6.07. The van der Waals surface area contributed by atoms with Gasteiger partial charge in [-0.05, 0) is 77.3 Å². The number of aldehydes is 1. The number of ether oxygens (including phenoxy) is 1. The Labute approximate surface area is 245 Å². The number of nitrogens with zero attached hydrogens (tertiary/aromatic N) is 2. The number of alkyl carbamates (subject to hydrolysis) is 1. The molecule has 9 nitrogen and oxygen atoms in total. The maximum Gasteiger partial charge on any atom is 0.407 e. The quantitative estimate of drug-likeness (QED) is 0.302. The number of carbonyl (C=O) groups is 3. The molecule has 1 aliphatic heterocycles. The zero-order chi connectivity index (χ0) is 29.8. The number of aryl methyl sites for hydroxylation is 1. The molecule has 1 aromatic carbocycles. The molecule has 1 unspecified atom stereocenters. The Morgan fingerprint density at radius 3 is 2.33 bits per heavy atom. The van der Waals surface area contributed by atoms with Crippen molar-refractivity contribution in [2.45, 2.75) is 89.8 Å². The highest BCUT2D eigenvalue weighted by Gasteiger charge is 2.39. The zero-order valence-electron chi connectivity index (χ0n) is 25.1. The second-order valence-electron chi connectivity index (χ2n) is 11.8. The van der Waals surface area contributed by atoms with Gasteiger partial charge in [0.1, 0.15) is 11.9 Å². The molecular formula is C30H50ClN5O4. The number of nitrogens with two attached hydrogens (primary N) is 1. The van der Waals surface area contributed by atoms with E-state index in [0.29, 0.717) is 19.4 Å². The summed E-state index contributed by atoms with van der Waals surface area (Å²) in [6, 6.07) is 5.69. The van der Waals surface area contributed by atoms with Gasteiger partial charge in [-0.1, -0.05) is 36.9 Å². The fourth-order valence-electron chi connectivity index (χ4n) is 5.45. The summed E-state index contributed by atoms with van der Waals surface area (Å²) in [6.45, 7) is 11.9. The van der Waals surface area contributed by atoms with Gasteiger partial charge in [0, 0.05) is 56.3 Å². The van der Waals surface area contributed by atoms with Gasteiger partial charge in [-0.15, -0.1) is 0 Å². The molecule has 1 heterocycles. The van der Waals surface area contributed by atoms with Crippen molar-refractivity contribution in [3.05, 3.63) is 34.3 Å². The minimum atomic E-state index is -0.482. The molecule has 1 saturated heterocycles. The third kappa shape index (κ3) is 10.7. The van der Waals surface area contributed by atoms with Crippen LogP contribution in [0.5, 0.6) is 0 Å². The van der Waals surface area contributed by atoms with E-state index >= 15 is 0 Å². The number of nitrogens with one attached hydrogen (secondary N) is 2. The third-order valence-corrected chi connectivity index (χ3v) is 7.97. The molecule has 1 aromatic rings. The average molecular weight is 580 g/mol. The molecule has 1 saturated carbocycles. The van der Waals surface area contributed by atoms with Gasteiger partial charge in [-0.25, -0.2) is 4.79 Å². The second-order valence-corrected chi connectivity index (χ2v) is 12.2. The highest BCUT2D eigenvalue weighted by atomic mass is 35.5. The van der Waals surface area contributed by atoms with Crippen molar-refractivity contribution in [2.75, 3.05) is 46.3 Å². The molecule has 0 radical (unpaired) electrons. The fraction of sp³-hybridized carbons (Fsp3) is 0.700. The van der Waals surface area contributed by atoms with Crippen LogP contribution in [-0.4, -0.2) is 91.6 Å². The SMILES string of the molecule is CC(C)(C)OC(=O)NCCC=O.CNC(Cc1ccc(Cl)cc1C)C(=O)N1CCN(C2(CN)CCCCC2)CC1. The van der Waals surface area contributed by atoms with E-state index in [4.69, 9.17) is 22.1 Å². The lowest BCUT2D eigenvalue weighted by atomic mass is 9.80. The summed E-state index contributed by atoms with van der Waals surface area (Å²) in [6.07, 6.45) is 7.55. The minimum Gasteiger partial charge on any atom is -0.444 e. The van der Waals surface area contributed by atoms with Gasteiger partial charge in [0.05, 0.1) is 6.04 Å². The van der Waals surface area contributed by atoms with E-state index in [2.05, 4.69) is 15.5 Å². The van der Waals surface area contributed by atoms with Crippen LogP contribution in [0.4, 0.5) is 4.79 Å². The largest absolute Gasteiger partial charge is 0.444 e. The van der Waals surface area contributed by atoms with Crippen molar-refractivity contribution < 1.29 is 19.1 Å². The van der Waals surface area contributed by atoms with E-state index in [1.807, 2.05) is 37.1 Å². The molecule has 0 aromatic heterocycles. The van der Waals surface area contributed by atoms with Gasteiger partial charge in [0.15, 0.2) is 0 Å². The van der Waals surface area contributed by atoms with Crippen molar-refractivity contribution in [1.82, 2.24) is 20.4 Å². The highest BCUT2D eigenvalue weighted by Crippen LogP contribution is 2.33. The highest BCUT2D eigenvalue weighted by molar-refractivity contribution is 6.30. The number of hydrogen-bond acceptors (Lipinski definition) is 7. The average Bonchev–Trinajstić information content (AvgIpc) is 2.92. The van der Waals surface area contributed by atoms with Crippen molar-refractivity contribution >= 4 is 29.9 Å². The lowest BCUT2D eigenvalue weighted by Gasteiger charge is -2.49. The molecule has 4 N–H and O–H groups in total. The number of likely N-dealkylation sites (N-methyl/N-ethyl adjacent to an activating group) is 1. The lowest BCUT2D eigenvalue weighted by Crippen LogP contribution is -2.62. The van der Waals surface area contributed by atoms with Crippen LogP contribution in [0, 0.1) is 6.92 Å². The van der Waals surface area contributed by atoms with Crippen LogP contribution in [-0.2, 0) is 20.7 Å². The number of piperazine rings is 1. The molecule has 0 spiro atoms. The first-order valence-electron chi connectivity index (χ1n) is 14.5. The number of benzene rings is 1. The van der Waals surface area contributed by atoms with E-state index in [0.717, 1.165) is 49.6 Å². The van der Waals surface area contributed by atoms with Gasteiger partial charge in [-0.2, -0.15) is 0 Å². The van der Waals surface area contributed by atoms with Crippen LogP contribution in [0.2, 0.25) is 5.02 Å². The minimum absolute atomic E-state index is 0.163. The molecule has 3 rings (SSSR count). The Bertz CT molecular complexity index is 954. The monoisotopic (exact) mass is 579 g/mol. The van der Waals surface area contributed by atoms with E-state index in [9.17, 15) is 14.4 Å². The lowest BCUT2D eigenvalue weighted by molar-refractivity contribution is -0.136. The summed E-state index contributed by atoms with van der Waals surface area (Å²) in [5.41, 5.74) is 8.18. The first-order chi connectivity index (χ1) is 18.9. The molecule has 2 aliphatic rings. The molecule has 40 heavy (non-hydrogen) atoms. The summed E-state index contributed by atoms with van der Waals surface area (Å²) in [5.74, 6) is 0.196. The van der Waals surface area contributed by atoms with Gasteiger partial charge < -0.3 is 30.8 Å². The van der Waals surface area contributed by atoms with E-state index < -0.39 is 11.7 Å². The van der Waals surface area contributed by atoms with E-state index in [1.54, 1.807) is 20.8 Å². The van der Waals surface area contributed by atoms with Gasteiger partial charge >= 0.3 is 6.09 Å². The topological polar surface area (TPSA) is 117 Å². The van der Waals surface area contributed by atoms with Gasteiger partial charge in [0.25, 0.3) is 0 Å². The Morgan fingerprint density at radius 1 is 1.15 bits per heavy atom. The maximum absolute atomic E-state index is 13.1. The molecule has 2 amide bonds. The van der Waals surface area contributed by atoms with Crippen molar-refractivity contribution in [1.29, 1.82) is 0 Å². The number of halogens is 1. The zero-order valence-corrected chi connectivity index (χ0v) is 25.8. The Hall–Kier alpha value is -2.20. The van der Waals surface area contributed by atoms with E-state index in [1.165, 1.54) is 37.7 Å². The van der Waals surface area contributed by atoms with E-state index in [-0.39, 0.29) is 17.5 Å². The second kappa shape index (κ2) is 16.3. The van der Waals surface area contributed by atoms with Crippen molar-refractivity contribution in [3.63, 3.8) is 0 Å². The fourth-order valence-corrected chi connectivity index (χ4v) is 5.68. The number of rotatable bonds is 9. The summed E-state index contributed by atoms with van der Waals surface area (Å²) < 4.78 is 4.92. The summed E-state index contributed by atoms with van der Waals surface area (Å²) in [5, 5.41) is 6.41. The van der Waals surface area contributed by atoms with Crippen LogP contribution in [0.25, 0.3) is 0 Å². The summed E-state index contributed by atoms with van der Waals surface area (Å²) in [4.78, 5) is 38.5. The van der Waals surface area contributed by atoms with Crippen LogP contribution in [0.3, 0.4) is 0 Å². The van der Waals surface area contributed by atoms with Crippen LogP contribution >= 0.6 is 11.6 Å². The van der Waals surface area contributed by atoms with Crippen LogP contribution in [0.15, 0.2) is 18.2 Å². The summed E-state index contributed by atoms with van der Waals surface area (Å²) in [7, 11) is 1.87. The van der Waals surface area contributed by atoms with Crippen molar-refractivity contribution in [3.8, 4) is 0 Å². The Morgan fingerprint density at radius 2 is 1.80 bits per heavy atom. The molecular weight excluding hydrogens is 530 g/mol. The first-order valence-corrected chi connectivity index (χ1v) is 14.9. The Kier molecular flexibility index (Phi) is 13.9. The number of hydrogen-bond donors (Lipinski definition) is 3. The molecule has 1 aliphatic carbocycles. The predicted molar refractivity (Wildman–Crippen MR) is 161 cm³/mol. The first kappa shape index (κ1) is 34.0. The normalized spacial score (nSPS) is 18.2.